The van der Waals surface area contributed by atoms with Crippen molar-refractivity contribution in [2.75, 3.05) is 14.1 Å². The van der Waals surface area contributed by atoms with E-state index < -0.39 is 0 Å². The highest BCUT2D eigenvalue weighted by Gasteiger charge is 2.04. The lowest BCUT2D eigenvalue weighted by molar-refractivity contribution is -0.128. The van der Waals surface area contributed by atoms with E-state index >= 15 is 0 Å². The molecule has 0 rings (SSSR count). The molecule has 0 fully saturated rings. The van der Waals surface area contributed by atoms with Gasteiger partial charge < -0.3 is 10.6 Å². The summed E-state index contributed by atoms with van der Waals surface area (Å²) in [5, 5.41) is 0. The summed E-state index contributed by atoms with van der Waals surface area (Å²) < 4.78 is 0. The molecule has 2 N–H and O–H groups in total. The van der Waals surface area contributed by atoms with Crippen LogP contribution in [0.15, 0.2) is 0 Å². The van der Waals surface area contributed by atoms with E-state index in [1.807, 2.05) is 6.92 Å². The molecule has 0 spiro atoms. The van der Waals surface area contributed by atoms with E-state index in [9.17, 15) is 4.79 Å². The molecular formula is C7H16N2O. The Hall–Kier alpha value is -0.570. The van der Waals surface area contributed by atoms with Crippen LogP contribution in [0.25, 0.3) is 0 Å². The molecule has 0 unspecified atom stereocenters. The van der Waals surface area contributed by atoms with Gasteiger partial charge in [0.25, 0.3) is 0 Å². The third-order valence-electron chi connectivity index (χ3n) is 1.31. The second-order valence-electron chi connectivity index (χ2n) is 2.80. The van der Waals surface area contributed by atoms with E-state index in [4.69, 9.17) is 5.73 Å². The predicted octanol–water partition coefficient (Wildman–Crippen LogP) is 0.202. The highest BCUT2D eigenvalue weighted by molar-refractivity contribution is 5.75. The molecule has 0 aliphatic carbocycles. The maximum atomic E-state index is 10.9. The van der Waals surface area contributed by atoms with Gasteiger partial charge in [0.05, 0.1) is 0 Å². The summed E-state index contributed by atoms with van der Waals surface area (Å²) in [7, 11) is 3.51. The molecular weight excluding hydrogens is 128 g/mol. The predicted molar refractivity (Wildman–Crippen MR) is 41.6 cm³/mol. The van der Waals surface area contributed by atoms with Crippen LogP contribution in [0.3, 0.4) is 0 Å². The van der Waals surface area contributed by atoms with E-state index in [1.165, 1.54) is 0 Å². The summed E-state index contributed by atoms with van der Waals surface area (Å²) in [6, 6.07) is 0.129. The summed E-state index contributed by atoms with van der Waals surface area (Å²) in [6.07, 6.45) is 1.34. The van der Waals surface area contributed by atoms with E-state index in [2.05, 4.69) is 0 Å². The van der Waals surface area contributed by atoms with Crippen LogP contribution in [0, 0.1) is 0 Å². The minimum atomic E-state index is 0.129. The van der Waals surface area contributed by atoms with Crippen LogP contribution in [0.4, 0.5) is 0 Å². The number of nitrogens with zero attached hydrogens (tertiary/aromatic N) is 1. The van der Waals surface area contributed by atoms with Crippen molar-refractivity contribution in [3.8, 4) is 0 Å². The van der Waals surface area contributed by atoms with Gasteiger partial charge in [-0.05, 0) is 13.3 Å². The zero-order valence-corrected chi connectivity index (χ0v) is 6.92. The fourth-order valence-electron chi connectivity index (χ4n) is 0.575. The van der Waals surface area contributed by atoms with E-state index in [0.717, 1.165) is 6.42 Å². The summed E-state index contributed by atoms with van der Waals surface area (Å²) in [6.45, 7) is 1.91. The first kappa shape index (κ1) is 9.43. The van der Waals surface area contributed by atoms with Gasteiger partial charge in [-0.2, -0.15) is 0 Å². The van der Waals surface area contributed by atoms with Crippen LogP contribution in [0.2, 0.25) is 0 Å². The molecule has 0 saturated carbocycles. The number of nitrogens with two attached hydrogens (primary N) is 1. The van der Waals surface area contributed by atoms with Gasteiger partial charge in [-0.1, -0.05) is 0 Å². The lowest BCUT2D eigenvalue weighted by atomic mass is 10.2. The quantitative estimate of drug-likeness (QED) is 0.615. The average Bonchev–Trinajstić information content (AvgIpc) is 1.82. The van der Waals surface area contributed by atoms with Gasteiger partial charge in [0.15, 0.2) is 0 Å². The molecule has 0 heterocycles. The Balaban J connectivity index is 3.40. The molecule has 3 heteroatoms. The largest absolute Gasteiger partial charge is 0.349 e. The number of carbonyl (C=O) groups excluding carboxylic acids is 1. The summed E-state index contributed by atoms with van der Waals surface area (Å²) in [5.41, 5.74) is 5.47. The van der Waals surface area contributed by atoms with Gasteiger partial charge in [0.2, 0.25) is 5.91 Å². The Morgan fingerprint density at radius 3 is 2.40 bits per heavy atom. The van der Waals surface area contributed by atoms with Crippen molar-refractivity contribution in [2.24, 2.45) is 5.73 Å². The third-order valence-corrected chi connectivity index (χ3v) is 1.31. The first-order valence-corrected chi connectivity index (χ1v) is 3.49. The van der Waals surface area contributed by atoms with Crippen molar-refractivity contribution in [1.29, 1.82) is 0 Å². The molecule has 0 aromatic heterocycles. The Labute approximate surface area is 62.2 Å². The van der Waals surface area contributed by atoms with Crippen LogP contribution < -0.4 is 5.73 Å². The van der Waals surface area contributed by atoms with Crippen molar-refractivity contribution in [2.45, 2.75) is 25.8 Å². The minimum absolute atomic E-state index is 0.129. The zero-order chi connectivity index (χ0) is 8.15. The Bertz CT molecular complexity index is 110. The third kappa shape index (κ3) is 4.32. The van der Waals surface area contributed by atoms with Gasteiger partial charge in [0, 0.05) is 26.6 Å². The second-order valence-corrected chi connectivity index (χ2v) is 2.80. The maximum absolute atomic E-state index is 10.9. The molecule has 0 radical (unpaired) electrons. The minimum Gasteiger partial charge on any atom is -0.349 e. The van der Waals surface area contributed by atoms with Crippen molar-refractivity contribution in [1.82, 2.24) is 4.90 Å². The van der Waals surface area contributed by atoms with E-state index in [1.54, 1.807) is 19.0 Å². The Morgan fingerprint density at radius 2 is 2.10 bits per heavy atom. The number of carbonyl (C=O) groups is 1. The van der Waals surface area contributed by atoms with Gasteiger partial charge in [-0.3, -0.25) is 4.79 Å². The normalized spacial score (nSPS) is 12.8. The van der Waals surface area contributed by atoms with Crippen LogP contribution >= 0.6 is 0 Å². The van der Waals surface area contributed by atoms with E-state index in [-0.39, 0.29) is 11.9 Å². The lowest BCUT2D eigenvalue weighted by Gasteiger charge is -2.10. The molecule has 10 heavy (non-hydrogen) atoms. The van der Waals surface area contributed by atoms with Crippen LogP contribution in [-0.4, -0.2) is 30.9 Å². The molecule has 0 aliphatic rings. The van der Waals surface area contributed by atoms with Crippen molar-refractivity contribution >= 4 is 5.91 Å². The maximum Gasteiger partial charge on any atom is 0.222 e. The van der Waals surface area contributed by atoms with Gasteiger partial charge >= 0.3 is 0 Å². The first-order valence-electron chi connectivity index (χ1n) is 3.49. The number of hydrogen-bond donors (Lipinski definition) is 1. The van der Waals surface area contributed by atoms with Crippen LogP contribution in [0.5, 0.6) is 0 Å². The SMILES string of the molecule is C[C@@H](N)CCC(=O)N(C)C. The molecule has 0 bridgehead atoms. The highest BCUT2D eigenvalue weighted by Crippen LogP contribution is 1.95. The number of rotatable bonds is 3. The molecule has 3 nitrogen and oxygen atoms in total. The number of hydrogen-bond acceptors (Lipinski definition) is 2. The Morgan fingerprint density at radius 1 is 1.60 bits per heavy atom. The zero-order valence-electron chi connectivity index (χ0n) is 6.92. The summed E-state index contributed by atoms with van der Waals surface area (Å²) >= 11 is 0. The second kappa shape index (κ2) is 4.28. The molecule has 0 aliphatic heterocycles. The summed E-state index contributed by atoms with van der Waals surface area (Å²) in [5.74, 6) is 0.150. The molecule has 1 amide bonds. The van der Waals surface area contributed by atoms with E-state index in [0.29, 0.717) is 6.42 Å². The highest BCUT2D eigenvalue weighted by atomic mass is 16.2. The topological polar surface area (TPSA) is 46.3 Å². The monoisotopic (exact) mass is 144 g/mol. The van der Waals surface area contributed by atoms with Crippen LogP contribution in [-0.2, 0) is 4.79 Å². The van der Waals surface area contributed by atoms with Gasteiger partial charge in [0.1, 0.15) is 0 Å². The number of amides is 1. The smallest absolute Gasteiger partial charge is 0.222 e. The standard InChI is InChI=1S/C7H16N2O/c1-6(8)4-5-7(10)9(2)3/h6H,4-5,8H2,1-3H3/t6-/m1/s1. The molecule has 60 valence electrons. The average molecular weight is 144 g/mol. The van der Waals surface area contributed by atoms with Gasteiger partial charge in [-0.25, -0.2) is 0 Å². The Kier molecular flexibility index (Phi) is 4.03. The molecule has 0 saturated heterocycles. The van der Waals surface area contributed by atoms with Crippen molar-refractivity contribution in [3.05, 3.63) is 0 Å². The van der Waals surface area contributed by atoms with Gasteiger partial charge in [-0.15, -0.1) is 0 Å². The van der Waals surface area contributed by atoms with Crippen molar-refractivity contribution < 1.29 is 4.79 Å². The summed E-state index contributed by atoms with van der Waals surface area (Å²) in [4.78, 5) is 12.5. The fraction of sp³-hybridized carbons (Fsp3) is 0.857. The molecule has 0 aromatic rings. The van der Waals surface area contributed by atoms with Crippen LogP contribution in [0.1, 0.15) is 19.8 Å². The fourth-order valence-corrected chi connectivity index (χ4v) is 0.575. The molecule has 1 atom stereocenters. The first-order chi connectivity index (χ1) is 4.54. The molecule has 0 aromatic carbocycles. The van der Waals surface area contributed by atoms with Crippen molar-refractivity contribution in [3.63, 3.8) is 0 Å². The lowest BCUT2D eigenvalue weighted by Crippen LogP contribution is -2.24.